The highest BCUT2D eigenvalue weighted by Gasteiger charge is 2.29. The van der Waals surface area contributed by atoms with E-state index >= 15 is 0 Å². The summed E-state index contributed by atoms with van der Waals surface area (Å²) in [4.78, 5) is 22.5. The SMILES string of the molecule is CNC(=O)C1CCC(C(=O)OC)CC1. The highest BCUT2D eigenvalue weighted by atomic mass is 16.5. The van der Waals surface area contributed by atoms with Crippen LogP contribution in [0, 0.1) is 11.8 Å². The summed E-state index contributed by atoms with van der Waals surface area (Å²) in [5, 5.41) is 2.64. The molecule has 1 saturated carbocycles. The highest BCUT2D eigenvalue weighted by molar-refractivity contribution is 5.79. The van der Waals surface area contributed by atoms with Crippen LogP contribution in [-0.2, 0) is 14.3 Å². The van der Waals surface area contributed by atoms with E-state index in [1.807, 2.05) is 0 Å². The van der Waals surface area contributed by atoms with E-state index in [0.29, 0.717) is 0 Å². The van der Waals surface area contributed by atoms with E-state index in [-0.39, 0.29) is 23.7 Å². The summed E-state index contributed by atoms with van der Waals surface area (Å²) in [6.45, 7) is 0. The summed E-state index contributed by atoms with van der Waals surface area (Å²) < 4.78 is 4.67. The minimum absolute atomic E-state index is 0.000839. The van der Waals surface area contributed by atoms with Crippen molar-refractivity contribution in [1.82, 2.24) is 5.32 Å². The molecule has 4 heteroatoms. The van der Waals surface area contributed by atoms with Crippen LogP contribution in [0.4, 0.5) is 0 Å². The maximum Gasteiger partial charge on any atom is 0.308 e. The molecular weight excluding hydrogens is 182 g/mol. The minimum Gasteiger partial charge on any atom is -0.469 e. The third kappa shape index (κ3) is 2.47. The van der Waals surface area contributed by atoms with Crippen LogP contribution in [0.2, 0.25) is 0 Å². The van der Waals surface area contributed by atoms with E-state index in [1.54, 1.807) is 7.05 Å². The standard InChI is InChI=1S/C10H17NO3/c1-11-9(12)7-3-5-8(6-4-7)10(13)14-2/h7-8H,3-6H2,1-2H3,(H,11,12). The molecular formula is C10H17NO3. The summed E-state index contributed by atoms with van der Waals surface area (Å²) in [5.41, 5.74) is 0. The summed E-state index contributed by atoms with van der Waals surface area (Å²) >= 11 is 0. The molecule has 0 atom stereocenters. The molecule has 0 aromatic carbocycles. The number of carbonyl (C=O) groups is 2. The lowest BCUT2D eigenvalue weighted by atomic mass is 9.81. The van der Waals surface area contributed by atoms with Crippen LogP contribution in [-0.4, -0.2) is 26.0 Å². The van der Waals surface area contributed by atoms with Gasteiger partial charge in [-0.3, -0.25) is 9.59 Å². The first-order chi connectivity index (χ1) is 6.69. The number of methoxy groups -OCH3 is 1. The fourth-order valence-corrected chi connectivity index (χ4v) is 1.96. The van der Waals surface area contributed by atoms with E-state index in [0.717, 1.165) is 25.7 Å². The number of ether oxygens (including phenoxy) is 1. The lowest BCUT2D eigenvalue weighted by Crippen LogP contribution is -2.32. The van der Waals surface area contributed by atoms with Crippen LogP contribution in [0.15, 0.2) is 0 Å². The summed E-state index contributed by atoms with van der Waals surface area (Å²) in [6.07, 6.45) is 3.12. The summed E-state index contributed by atoms with van der Waals surface area (Å²) in [7, 11) is 3.06. The van der Waals surface area contributed by atoms with Gasteiger partial charge in [0.25, 0.3) is 0 Å². The van der Waals surface area contributed by atoms with Gasteiger partial charge in [-0.15, -0.1) is 0 Å². The van der Waals surface area contributed by atoms with E-state index in [4.69, 9.17) is 0 Å². The van der Waals surface area contributed by atoms with Crippen molar-refractivity contribution in [3.8, 4) is 0 Å². The van der Waals surface area contributed by atoms with Crippen LogP contribution in [0.1, 0.15) is 25.7 Å². The van der Waals surface area contributed by atoms with E-state index in [2.05, 4.69) is 10.1 Å². The Bertz CT molecular complexity index is 195. The van der Waals surface area contributed by atoms with E-state index in [1.165, 1.54) is 7.11 Å². The number of amides is 1. The van der Waals surface area contributed by atoms with Gasteiger partial charge in [-0.1, -0.05) is 0 Å². The number of nitrogens with one attached hydrogen (secondary N) is 1. The molecule has 0 unspecified atom stereocenters. The lowest BCUT2D eigenvalue weighted by molar-refractivity contribution is -0.147. The molecule has 0 spiro atoms. The molecule has 80 valence electrons. The smallest absolute Gasteiger partial charge is 0.308 e. The Labute approximate surface area is 84.0 Å². The Kier molecular flexibility index (Phi) is 3.92. The zero-order valence-corrected chi connectivity index (χ0v) is 8.71. The van der Waals surface area contributed by atoms with Crippen molar-refractivity contribution in [2.24, 2.45) is 11.8 Å². The van der Waals surface area contributed by atoms with Crippen LogP contribution >= 0.6 is 0 Å². The quantitative estimate of drug-likeness (QED) is 0.666. The van der Waals surface area contributed by atoms with E-state index < -0.39 is 0 Å². The normalized spacial score (nSPS) is 26.7. The Balaban J connectivity index is 2.38. The molecule has 1 N–H and O–H groups in total. The third-order valence-electron chi connectivity index (χ3n) is 2.88. The van der Waals surface area contributed by atoms with Gasteiger partial charge in [0.05, 0.1) is 13.0 Å². The predicted molar refractivity (Wildman–Crippen MR) is 51.5 cm³/mol. The monoisotopic (exact) mass is 199 g/mol. The van der Waals surface area contributed by atoms with Crippen molar-refractivity contribution in [3.63, 3.8) is 0 Å². The van der Waals surface area contributed by atoms with Crippen LogP contribution in [0.5, 0.6) is 0 Å². The Morgan fingerprint density at radius 2 is 1.64 bits per heavy atom. The van der Waals surface area contributed by atoms with Crippen molar-refractivity contribution in [2.75, 3.05) is 14.2 Å². The van der Waals surface area contributed by atoms with Crippen LogP contribution in [0.25, 0.3) is 0 Å². The zero-order valence-electron chi connectivity index (χ0n) is 8.71. The molecule has 1 rings (SSSR count). The van der Waals surface area contributed by atoms with Gasteiger partial charge in [0, 0.05) is 13.0 Å². The van der Waals surface area contributed by atoms with Gasteiger partial charge in [-0.05, 0) is 25.7 Å². The minimum atomic E-state index is -0.139. The lowest BCUT2D eigenvalue weighted by Gasteiger charge is -2.25. The van der Waals surface area contributed by atoms with Crippen molar-refractivity contribution in [3.05, 3.63) is 0 Å². The molecule has 0 aromatic rings. The molecule has 1 aliphatic rings. The number of carbonyl (C=O) groups excluding carboxylic acids is 2. The van der Waals surface area contributed by atoms with Crippen molar-refractivity contribution < 1.29 is 14.3 Å². The van der Waals surface area contributed by atoms with Gasteiger partial charge in [0.1, 0.15) is 0 Å². The van der Waals surface area contributed by atoms with Gasteiger partial charge in [0.15, 0.2) is 0 Å². The number of hydrogen-bond donors (Lipinski definition) is 1. The number of rotatable bonds is 2. The molecule has 0 aliphatic heterocycles. The molecule has 0 saturated heterocycles. The van der Waals surface area contributed by atoms with Gasteiger partial charge in [-0.2, -0.15) is 0 Å². The Hall–Kier alpha value is -1.06. The number of hydrogen-bond acceptors (Lipinski definition) is 3. The fraction of sp³-hybridized carbons (Fsp3) is 0.800. The van der Waals surface area contributed by atoms with Gasteiger partial charge < -0.3 is 10.1 Å². The fourth-order valence-electron chi connectivity index (χ4n) is 1.96. The van der Waals surface area contributed by atoms with E-state index in [9.17, 15) is 9.59 Å². The summed E-state index contributed by atoms with van der Waals surface area (Å²) in [6, 6.07) is 0. The third-order valence-corrected chi connectivity index (χ3v) is 2.88. The maximum atomic E-state index is 11.3. The maximum absolute atomic E-state index is 11.3. The first-order valence-electron chi connectivity index (χ1n) is 4.98. The molecule has 0 bridgehead atoms. The van der Waals surface area contributed by atoms with Crippen LogP contribution < -0.4 is 5.32 Å². The molecule has 14 heavy (non-hydrogen) atoms. The average Bonchev–Trinajstić information content (AvgIpc) is 2.27. The molecule has 1 aliphatic carbocycles. The molecule has 1 amide bonds. The topological polar surface area (TPSA) is 55.4 Å². The average molecular weight is 199 g/mol. The molecule has 0 heterocycles. The Morgan fingerprint density at radius 3 is 2.07 bits per heavy atom. The second kappa shape index (κ2) is 4.98. The Morgan fingerprint density at radius 1 is 1.14 bits per heavy atom. The van der Waals surface area contributed by atoms with Crippen molar-refractivity contribution in [2.45, 2.75) is 25.7 Å². The largest absolute Gasteiger partial charge is 0.469 e. The highest BCUT2D eigenvalue weighted by Crippen LogP contribution is 2.29. The molecule has 1 fully saturated rings. The second-order valence-electron chi connectivity index (χ2n) is 3.69. The van der Waals surface area contributed by atoms with Gasteiger partial charge in [-0.25, -0.2) is 0 Å². The van der Waals surface area contributed by atoms with Crippen molar-refractivity contribution in [1.29, 1.82) is 0 Å². The number of esters is 1. The zero-order chi connectivity index (χ0) is 10.6. The van der Waals surface area contributed by atoms with Gasteiger partial charge in [0.2, 0.25) is 5.91 Å². The first kappa shape index (κ1) is 11.0. The second-order valence-corrected chi connectivity index (χ2v) is 3.69. The predicted octanol–water partition coefficient (Wildman–Crippen LogP) is 0.712. The van der Waals surface area contributed by atoms with Crippen LogP contribution in [0.3, 0.4) is 0 Å². The summed E-state index contributed by atoms with van der Waals surface area (Å²) in [5.74, 6) is 0.0375. The molecule has 4 nitrogen and oxygen atoms in total. The molecule has 0 aromatic heterocycles. The van der Waals surface area contributed by atoms with Crippen molar-refractivity contribution >= 4 is 11.9 Å². The first-order valence-corrected chi connectivity index (χ1v) is 4.98. The molecule has 0 radical (unpaired) electrons. The van der Waals surface area contributed by atoms with Gasteiger partial charge >= 0.3 is 5.97 Å².